The highest BCUT2D eigenvalue weighted by atomic mass is 32.2. The molecule has 0 aliphatic rings. The van der Waals surface area contributed by atoms with E-state index in [9.17, 15) is 13.5 Å². The topological polar surface area (TPSA) is 102 Å². The number of hydrogen-bond acceptors (Lipinski definition) is 5. The van der Waals surface area contributed by atoms with Gasteiger partial charge in [-0.1, -0.05) is 0 Å². The van der Waals surface area contributed by atoms with E-state index in [0.29, 0.717) is 18.1 Å². The van der Waals surface area contributed by atoms with Crippen LogP contribution in [0, 0.1) is 0 Å². The standard InChI is InChI=1S/C11H17N5O3S/c1-3-16-6-10(4-9(16)7-17)20(18,19)13-5-11-12-8-15(2)14-11/h4,6,8,13,17H,3,5,7H2,1-2H3. The maximum absolute atomic E-state index is 12.1. The minimum Gasteiger partial charge on any atom is -0.390 e. The van der Waals surface area contributed by atoms with Gasteiger partial charge in [-0.2, -0.15) is 5.10 Å². The predicted molar refractivity (Wildman–Crippen MR) is 71.1 cm³/mol. The second-order valence-corrected chi connectivity index (χ2v) is 6.04. The lowest BCUT2D eigenvalue weighted by Crippen LogP contribution is -2.23. The minimum atomic E-state index is -3.64. The molecule has 2 heterocycles. The Hall–Kier alpha value is -1.71. The molecular weight excluding hydrogens is 282 g/mol. The number of aliphatic hydroxyl groups excluding tert-OH is 1. The Balaban J connectivity index is 2.15. The second kappa shape index (κ2) is 5.73. The van der Waals surface area contributed by atoms with Crippen LogP contribution in [0.25, 0.3) is 0 Å². The van der Waals surface area contributed by atoms with Crippen LogP contribution in [0.5, 0.6) is 0 Å². The molecule has 0 amide bonds. The normalized spacial score (nSPS) is 11.9. The fourth-order valence-corrected chi connectivity index (χ4v) is 2.85. The SMILES string of the molecule is CCn1cc(S(=O)(=O)NCc2ncn(C)n2)cc1CO. The molecule has 2 aromatic heterocycles. The molecule has 8 nitrogen and oxygen atoms in total. The highest BCUT2D eigenvalue weighted by molar-refractivity contribution is 7.89. The van der Waals surface area contributed by atoms with Crippen molar-refractivity contribution in [1.29, 1.82) is 0 Å². The number of aromatic nitrogens is 4. The van der Waals surface area contributed by atoms with Crippen LogP contribution in [-0.2, 0) is 36.8 Å². The van der Waals surface area contributed by atoms with Gasteiger partial charge in [0.1, 0.15) is 6.33 Å². The highest BCUT2D eigenvalue weighted by Crippen LogP contribution is 2.14. The van der Waals surface area contributed by atoms with Crippen LogP contribution in [-0.4, -0.2) is 32.9 Å². The molecular formula is C11H17N5O3S. The lowest BCUT2D eigenvalue weighted by atomic mass is 10.4. The summed E-state index contributed by atoms with van der Waals surface area (Å²) >= 11 is 0. The van der Waals surface area contributed by atoms with Crippen LogP contribution in [0.1, 0.15) is 18.4 Å². The van der Waals surface area contributed by atoms with Gasteiger partial charge < -0.3 is 9.67 Å². The molecule has 0 radical (unpaired) electrons. The van der Waals surface area contributed by atoms with E-state index in [1.807, 2.05) is 6.92 Å². The third-order valence-electron chi connectivity index (χ3n) is 2.84. The van der Waals surface area contributed by atoms with Gasteiger partial charge in [-0.25, -0.2) is 18.1 Å². The predicted octanol–water partition coefficient (Wildman–Crippen LogP) is -0.393. The summed E-state index contributed by atoms with van der Waals surface area (Å²) in [5.74, 6) is 0.397. The van der Waals surface area contributed by atoms with Crippen molar-refractivity contribution in [2.45, 2.75) is 31.5 Å². The molecule has 0 unspecified atom stereocenters. The number of hydrogen-bond donors (Lipinski definition) is 2. The van der Waals surface area contributed by atoms with Crippen molar-refractivity contribution < 1.29 is 13.5 Å². The van der Waals surface area contributed by atoms with Crippen LogP contribution in [0.15, 0.2) is 23.5 Å². The molecule has 110 valence electrons. The first-order valence-corrected chi connectivity index (χ1v) is 7.58. The molecule has 0 aromatic carbocycles. The molecule has 0 aliphatic heterocycles. The van der Waals surface area contributed by atoms with Gasteiger partial charge in [0.05, 0.1) is 18.0 Å². The summed E-state index contributed by atoms with van der Waals surface area (Å²) in [6.07, 6.45) is 3.00. The van der Waals surface area contributed by atoms with Crippen LogP contribution in [0.4, 0.5) is 0 Å². The molecule has 2 N–H and O–H groups in total. The van der Waals surface area contributed by atoms with Gasteiger partial charge in [0.25, 0.3) is 0 Å². The zero-order valence-electron chi connectivity index (χ0n) is 11.3. The van der Waals surface area contributed by atoms with Crippen molar-refractivity contribution in [2.24, 2.45) is 7.05 Å². The number of aliphatic hydroxyl groups is 1. The number of nitrogens with zero attached hydrogens (tertiary/aromatic N) is 4. The minimum absolute atomic E-state index is 0.0228. The smallest absolute Gasteiger partial charge is 0.242 e. The summed E-state index contributed by atoms with van der Waals surface area (Å²) in [7, 11) is -1.93. The van der Waals surface area contributed by atoms with E-state index in [1.54, 1.807) is 11.6 Å². The molecule has 0 fully saturated rings. The third kappa shape index (κ3) is 3.06. The fourth-order valence-electron chi connectivity index (χ4n) is 1.81. The molecule has 0 saturated heterocycles. The fraction of sp³-hybridized carbons (Fsp3) is 0.455. The Morgan fingerprint density at radius 2 is 2.20 bits per heavy atom. The highest BCUT2D eigenvalue weighted by Gasteiger charge is 2.18. The van der Waals surface area contributed by atoms with Gasteiger partial charge in [0.15, 0.2) is 5.82 Å². The average molecular weight is 299 g/mol. The maximum atomic E-state index is 12.1. The summed E-state index contributed by atoms with van der Waals surface area (Å²) in [5.41, 5.74) is 0.559. The molecule has 0 atom stereocenters. The van der Waals surface area contributed by atoms with E-state index >= 15 is 0 Å². The van der Waals surface area contributed by atoms with Crippen molar-refractivity contribution in [3.8, 4) is 0 Å². The van der Waals surface area contributed by atoms with Gasteiger partial charge in [0, 0.05) is 25.5 Å². The first kappa shape index (κ1) is 14.7. The summed E-state index contributed by atoms with van der Waals surface area (Å²) in [4.78, 5) is 4.07. The summed E-state index contributed by atoms with van der Waals surface area (Å²) in [6.45, 7) is 2.29. The number of aryl methyl sites for hydroxylation is 2. The van der Waals surface area contributed by atoms with E-state index in [4.69, 9.17) is 0 Å². The zero-order chi connectivity index (χ0) is 14.8. The van der Waals surface area contributed by atoms with Crippen LogP contribution in [0.2, 0.25) is 0 Å². The van der Waals surface area contributed by atoms with Crippen LogP contribution in [0.3, 0.4) is 0 Å². The Kier molecular flexibility index (Phi) is 4.21. The largest absolute Gasteiger partial charge is 0.390 e. The maximum Gasteiger partial charge on any atom is 0.242 e. The molecule has 9 heteroatoms. The molecule has 2 aromatic rings. The zero-order valence-corrected chi connectivity index (χ0v) is 12.1. The molecule has 0 aliphatic carbocycles. The van der Waals surface area contributed by atoms with Gasteiger partial charge in [-0.05, 0) is 13.0 Å². The molecule has 0 saturated carbocycles. The van der Waals surface area contributed by atoms with E-state index < -0.39 is 10.0 Å². The van der Waals surface area contributed by atoms with Gasteiger partial charge in [-0.15, -0.1) is 0 Å². The van der Waals surface area contributed by atoms with Crippen molar-refractivity contribution in [2.75, 3.05) is 0 Å². The van der Waals surface area contributed by atoms with Crippen LogP contribution < -0.4 is 4.72 Å². The second-order valence-electron chi connectivity index (χ2n) is 4.27. The summed E-state index contributed by atoms with van der Waals surface area (Å²) in [5, 5.41) is 13.2. The monoisotopic (exact) mass is 299 g/mol. The Morgan fingerprint density at radius 3 is 2.70 bits per heavy atom. The van der Waals surface area contributed by atoms with Crippen molar-refractivity contribution >= 4 is 10.0 Å². The van der Waals surface area contributed by atoms with Gasteiger partial charge in [-0.3, -0.25) is 4.68 Å². The molecule has 0 spiro atoms. The van der Waals surface area contributed by atoms with Crippen molar-refractivity contribution in [3.63, 3.8) is 0 Å². The first-order valence-electron chi connectivity index (χ1n) is 6.10. The molecule has 2 rings (SSSR count). The Labute approximate surface area is 117 Å². The number of rotatable bonds is 6. The van der Waals surface area contributed by atoms with E-state index in [-0.39, 0.29) is 18.0 Å². The molecule has 0 bridgehead atoms. The number of nitrogens with one attached hydrogen (secondary N) is 1. The molecule has 20 heavy (non-hydrogen) atoms. The summed E-state index contributed by atoms with van der Waals surface area (Å²) < 4.78 is 29.9. The number of sulfonamides is 1. The lowest BCUT2D eigenvalue weighted by molar-refractivity contribution is 0.271. The van der Waals surface area contributed by atoms with Crippen molar-refractivity contribution in [3.05, 3.63) is 30.1 Å². The third-order valence-corrected chi connectivity index (χ3v) is 4.21. The van der Waals surface area contributed by atoms with E-state index in [1.165, 1.54) is 23.3 Å². The first-order chi connectivity index (χ1) is 9.46. The average Bonchev–Trinajstić information content (AvgIpc) is 3.02. The van der Waals surface area contributed by atoms with Gasteiger partial charge in [0.2, 0.25) is 10.0 Å². The lowest BCUT2D eigenvalue weighted by Gasteiger charge is -2.02. The van der Waals surface area contributed by atoms with Crippen LogP contribution >= 0.6 is 0 Å². The Bertz CT molecular complexity index is 667. The summed E-state index contributed by atoms with van der Waals surface area (Å²) in [6, 6.07) is 1.46. The van der Waals surface area contributed by atoms with E-state index in [0.717, 1.165) is 0 Å². The van der Waals surface area contributed by atoms with E-state index in [2.05, 4.69) is 14.8 Å². The van der Waals surface area contributed by atoms with Gasteiger partial charge >= 0.3 is 0 Å². The van der Waals surface area contributed by atoms with Crippen molar-refractivity contribution in [1.82, 2.24) is 24.1 Å². The quantitative estimate of drug-likeness (QED) is 0.756. The Morgan fingerprint density at radius 1 is 1.45 bits per heavy atom.